The second-order valence-electron chi connectivity index (χ2n) is 2.88. The normalized spacial score (nSPS) is 10.2. The van der Waals surface area contributed by atoms with E-state index in [0.29, 0.717) is 0 Å². The van der Waals surface area contributed by atoms with Crippen molar-refractivity contribution in [1.82, 2.24) is 15.4 Å². The Morgan fingerprint density at radius 3 is 2.62 bits per heavy atom. The van der Waals surface area contributed by atoms with Gasteiger partial charge in [0.2, 0.25) is 0 Å². The molecule has 1 aromatic heterocycles. The van der Waals surface area contributed by atoms with Crippen molar-refractivity contribution in [1.29, 1.82) is 0 Å². The first-order valence-electron chi connectivity index (χ1n) is 4.04. The van der Waals surface area contributed by atoms with E-state index in [4.69, 9.17) is 5.73 Å². The maximum absolute atomic E-state index is 5.57. The number of nitrogens with two attached hydrogens (primary N) is 1. The zero-order valence-electron chi connectivity index (χ0n) is 7.07. The van der Waals surface area contributed by atoms with Gasteiger partial charge >= 0.3 is 0 Å². The van der Waals surface area contributed by atoms with E-state index in [1.807, 2.05) is 24.3 Å². The number of nitrogens with one attached hydrogen (secondary N) is 1. The molecule has 3 N–H and O–H groups in total. The van der Waals surface area contributed by atoms with Gasteiger partial charge in [-0.25, -0.2) is 0 Å². The topological polar surface area (TPSA) is 67.6 Å². The quantitative estimate of drug-likeness (QED) is 0.667. The van der Waals surface area contributed by atoms with Gasteiger partial charge in [-0.15, -0.1) is 5.10 Å². The highest BCUT2D eigenvalue weighted by Gasteiger charge is 1.97. The van der Waals surface area contributed by atoms with Gasteiger partial charge in [0.1, 0.15) is 0 Å². The van der Waals surface area contributed by atoms with Gasteiger partial charge in [0.15, 0.2) is 0 Å². The highest BCUT2D eigenvalue weighted by Crippen LogP contribution is 2.08. The maximum atomic E-state index is 5.57. The fourth-order valence-corrected chi connectivity index (χ4v) is 1.16. The lowest BCUT2D eigenvalue weighted by Gasteiger charge is -1.97. The summed E-state index contributed by atoms with van der Waals surface area (Å²) in [5.74, 6) is 0. The number of benzene rings is 1. The molecule has 1 heterocycles. The third-order valence-corrected chi connectivity index (χ3v) is 1.83. The summed E-state index contributed by atoms with van der Waals surface area (Å²) in [6.45, 7) is 0. The van der Waals surface area contributed by atoms with Crippen LogP contribution >= 0.6 is 0 Å². The predicted octanol–water partition coefficient (Wildman–Crippen LogP) is 0.978. The highest BCUT2D eigenvalue weighted by molar-refractivity contribution is 5.39. The van der Waals surface area contributed by atoms with Crippen LogP contribution in [0.2, 0.25) is 0 Å². The molecule has 0 aliphatic carbocycles. The summed E-state index contributed by atoms with van der Waals surface area (Å²) in [4.78, 5) is 0. The Kier molecular flexibility index (Phi) is 1.96. The predicted molar refractivity (Wildman–Crippen MR) is 50.0 cm³/mol. The molecule has 2 rings (SSSR count). The van der Waals surface area contributed by atoms with Crippen LogP contribution in [0.5, 0.6) is 0 Å². The first-order chi connectivity index (χ1) is 6.34. The molecule has 1 aromatic carbocycles. The van der Waals surface area contributed by atoms with Crippen LogP contribution in [0.25, 0.3) is 0 Å². The lowest BCUT2D eigenvalue weighted by atomic mass is 10.1. The van der Waals surface area contributed by atoms with Crippen LogP contribution in [-0.4, -0.2) is 15.4 Å². The zero-order valence-corrected chi connectivity index (χ0v) is 7.07. The van der Waals surface area contributed by atoms with Gasteiger partial charge in [-0.05, 0) is 17.7 Å². The Balaban J connectivity index is 2.15. The monoisotopic (exact) mass is 174 g/mol. The smallest absolute Gasteiger partial charge is 0.0868 e. The third kappa shape index (κ3) is 1.84. The minimum atomic E-state index is 0.781. The number of hydrogen-bond acceptors (Lipinski definition) is 3. The molecule has 0 saturated heterocycles. The second kappa shape index (κ2) is 3.26. The van der Waals surface area contributed by atoms with Crippen molar-refractivity contribution in [3.63, 3.8) is 0 Å². The summed E-state index contributed by atoms with van der Waals surface area (Å²) in [5.41, 5.74) is 8.47. The Labute approximate surface area is 75.8 Å². The van der Waals surface area contributed by atoms with Gasteiger partial charge < -0.3 is 5.73 Å². The molecule has 0 saturated carbocycles. The second-order valence-corrected chi connectivity index (χ2v) is 2.88. The molecule has 0 atom stereocenters. The van der Waals surface area contributed by atoms with Crippen LogP contribution in [0.3, 0.4) is 0 Å². The molecule has 2 aromatic rings. The number of rotatable bonds is 2. The molecule has 0 spiro atoms. The maximum Gasteiger partial charge on any atom is 0.0868 e. The van der Waals surface area contributed by atoms with Crippen LogP contribution < -0.4 is 5.73 Å². The molecule has 0 unspecified atom stereocenters. The first kappa shape index (κ1) is 7.79. The van der Waals surface area contributed by atoms with E-state index in [1.165, 1.54) is 5.56 Å². The molecule has 4 heteroatoms. The van der Waals surface area contributed by atoms with Crippen molar-refractivity contribution in [3.05, 3.63) is 41.7 Å². The number of hydrogen-bond donors (Lipinski definition) is 2. The summed E-state index contributed by atoms with van der Waals surface area (Å²) in [6, 6.07) is 7.75. The van der Waals surface area contributed by atoms with Crippen LogP contribution in [0, 0.1) is 0 Å². The number of anilines is 1. The highest BCUT2D eigenvalue weighted by atomic mass is 15.3. The Hall–Kier alpha value is -1.84. The van der Waals surface area contributed by atoms with Gasteiger partial charge in [-0.2, -0.15) is 0 Å². The SMILES string of the molecule is Nc1ccc(Cc2c[nH]nn2)cc1. The summed E-state index contributed by atoms with van der Waals surface area (Å²) in [5, 5.41) is 10.2. The molecule has 13 heavy (non-hydrogen) atoms. The number of aromatic nitrogens is 3. The molecule has 66 valence electrons. The van der Waals surface area contributed by atoms with Gasteiger partial charge in [0, 0.05) is 18.3 Å². The molecule has 0 amide bonds. The fourth-order valence-electron chi connectivity index (χ4n) is 1.16. The summed E-state index contributed by atoms with van der Waals surface area (Å²) in [7, 11) is 0. The lowest BCUT2D eigenvalue weighted by molar-refractivity contribution is 0.915. The average Bonchev–Trinajstić information content (AvgIpc) is 2.62. The first-order valence-corrected chi connectivity index (χ1v) is 4.04. The molecular formula is C9H10N4. The molecule has 0 radical (unpaired) electrons. The Morgan fingerprint density at radius 2 is 2.00 bits per heavy atom. The van der Waals surface area contributed by atoms with Crippen molar-refractivity contribution >= 4 is 5.69 Å². The minimum Gasteiger partial charge on any atom is -0.399 e. The van der Waals surface area contributed by atoms with Gasteiger partial charge in [-0.3, -0.25) is 5.10 Å². The lowest BCUT2D eigenvalue weighted by Crippen LogP contribution is -1.89. The van der Waals surface area contributed by atoms with E-state index >= 15 is 0 Å². The van der Waals surface area contributed by atoms with Crippen molar-refractivity contribution in [3.8, 4) is 0 Å². The van der Waals surface area contributed by atoms with E-state index in [0.717, 1.165) is 17.8 Å². The number of H-pyrrole nitrogens is 1. The van der Waals surface area contributed by atoms with E-state index in [2.05, 4.69) is 15.4 Å². The van der Waals surface area contributed by atoms with E-state index < -0.39 is 0 Å². The number of nitrogen functional groups attached to an aromatic ring is 1. The Morgan fingerprint density at radius 1 is 1.23 bits per heavy atom. The van der Waals surface area contributed by atoms with E-state index in [1.54, 1.807) is 6.20 Å². The number of aromatic amines is 1. The van der Waals surface area contributed by atoms with Crippen LogP contribution in [0.15, 0.2) is 30.5 Å². The number of nitrogens with zero attached hydrogens (tertiary/aromatic N) is 2. The third-order valence-electron chi connectivity index (χ3n) is 1.83. The van der Waals surface area contributed by atoms with Crippen molar-refractivity contribution in [2.24, 2.45) is 0 Å². The molecule has 0 aliphatic heterocycles. The average molecular weight is 174 g/mol. The summed E-state index contributed by atoms with van der Waals surface area (Å²) >= 11 is 0. The zero-order chi connectivity index (χ0) is 9.10. The van der Waals surface area contributed by atoms with Crippen LogP contribution in [-0.2, 0) is 6.42 Å². The van der Waals surface area contributed by atoms with Crippen LogP contribution in [0.4, 0.5) is 5.69 Å². The minimum absolute atomic E-state index is 0.781. The van der Waals surface area contributed by atoms with Crippen molar-refractivity contribution in [2.45, 2.75) is 6.42 Å². The van der Waals surface area contributed by atoms with Crippen molar-refractivity contribution in [2.75, 3.05) is 5.73 Å². The standard InChI is InChI=1S/C9H10N4/c10-8-3-1-7(2-4-8)5-9-6-11-13-12-9/h1-4,6H,5,10H2,(H,11,12,13). The van der Waals surface area contributed by atoms with Crippen molar-refractivity contribution < 1.29 is 0 Å². The molecule has 0 aliphatic rings. The molecule has 0 fully saturated rings. The summed E-state index contributed by atoms with van der Waals surface area (Å²) < 4.78 is 0. The van der Waals surface area contributed by atoms with E-state index in [-0.39, 0.29) is 0 Å². The largest absolute Gasteiger partial charge is 0.399 e. The van der Waals surface area contributed by atoms with Gasteiger partial charge in [0.05, 0.1) is 5.69 Å². The molecule has 4 nitrogen and oxygen atoms in total. The van der Waals surface area contributed by atoms with E-state index in [9.17, 15) is 0 Å². The molecular weight excluding hydrogens is 164 g/mol. The van der Waals surface area contributed by atoms with Gasteiger partial charge in [-0.1, -0.05) is 17.3 Å². The summed E-state index contributed by atoms with van der Waals surface area (Å²) in [6.07, 6.45) is 2.58. The van der Waals surface area contributed by atoms with Crippen LogP contribution in [0.1, 0.15) is 11.3 Å². The molecule has 0 bridgehead atoms. The van der Waals surface area contributed by atoms with Gasteiger partial charge in [0.25, 0.3) is 0 Å². The Bertz CT molecular complexity index is 363. The fraction of sp³-hybridized carbons (Fsp3) is 0.111.